The number of nitrogens with one attached hydrogen (secondary N) is 2. The number of carbonyl (C=O) groups is 1. The standard InChI is InChI=1S/C18H16ClN3O5S2/c1-26-15-8-3-11(9-16(15)27-2)14-10-28-18(20-14)21-17(23)22-29(24,25)13-6-4-12(19)5-7-13/h3-10H,1-2H3,(H2,20,21,22,23). The molecule has 0 radical (unpaired) electrons. The lowest BCUT2D eigenvalue weighted by Crippen LogP contribution is -2.34. The van der Waals surface area contributed by atoms with Gasteiger partial charge in [-0.1, -0.05) is 11.6 Å². The SMILES string of the molecule is COc1ccc(-c2csc(NC(=O)NS(=O)(=O)c3ccc(Cl)cc3)n2)cc1OC. The predicted molar refractivity (Wildman–Crippen MR) is 111 cm³/mol. The molecule has 2 aromatic carbocycles. The number of rotatable bonds is 6. The number of thiazole rings is 1. The molecule has 0 unspecified atom stereocenters. The molecule has 3 aromatic rings. The maximum atomic E-state index is 12.2. The quantitative estimate of drug-likeness (QED) is 0.584. The van der Waals surface area contributed by atoms with Gasteiger partial charge in [0.1, 0.15) is 0 Å². The maximum absolute atomic E-state index is 12.2. The van der Waals surface area contributed by atoms with Crippen LogP contribution < -0.4 is 19.5 Å². The molecule has 0 aliphatic carbocycles. The molecular weight excluding hydrogens is 438 g/mol. The number of aromatic nitrogens is 1. The Kier molecular flexibility index (Phi) is 6.26. The number of hydrogen-bond acceptors (Lipinski definition) is 7. The zero-order chi connectivity index (χ0) is 21.0. The van der Waals surface area contributed by atoms with E-state index in [-0.39, 0.29) is 10.0 Å². The lowest BCUT2D eigenvalue weighted by atomic mass is 10.1. The minimum Gasteiger partial charge on any atom is -0.493 e. The maximum Gasteiger partial charge on any atom is 0.334 e. The zero-order valence-electron chi connectivity index (χ0n) is 15.3. The van der Waals surface area contributed by atoms with Gasteiger partial charge in [0.2, 0.25) is 0 Å². The number of urea groups is 1. The summed E-state index contributed by atoms with van der Waals surface area (Å²) in [5.74, 6) is 1.12. The topological polar surface area (TPSA) is 107 Å². The Balaban J connectivity index is 1.71. The van der Waals surface area contributed by atoms with Crippen LogP contribution in [0.25, 0.3) is 11.3 Å². The first kappa shape index (κ1) is 20.9. The van der Waals surface area contributed by atoms with E-state index in [1.165, 1.54) is 31.4 Å². The van der Waals surface area contributed by atoms with E-state index in [2.05, 4.69) is 10.3 Å². The van der Waals surface area contributed by atoms with E-state index in [0.29, 0.717) is 22.2 Å². The van der Waals surface area contributed by atoms with Crippen LogP contribution in [-0.4, -0.2) is 33.7 Å². The van der Waals surface area contributed by atoms with Crippen LogP contribution in [-0.2, 0) is 10.0 Å². The average Bonchev–Trinajstić information content (AvgIpc) is 3.15. The summed E-state index contributed by atoms with van der Waals surface area (Å²) in [5.41, 5.74) is 1.34. The number of sulfonamides is 1. The highest BCUT2D eigenvalue weighted by molar-refractivity contribution is 7.90. The van der Waals surface area contributed by atoms with E-state index in [1.54, 1.807) is 30.7 Å². The van der Waals surface area contributed by atoms with Crippen LogP contribution in [0.15, 0.2) is 52.7 Å². The van der Waals surface area contributed by atoms with Crippen molar-refractivity contribution in [2.24, 2.45) is 0 Å². The highest BCUT2D eigenvalue weighted by Crippen LogP contribution is 2.33. The first-order valence-corrected chi connectivity index (χ1v) is 10.8. The molecule has 2 N–H and O–H groups in total. The molecule has 0 fully saturated rings. The lowest BCUT2D eigenvalue weighted by molar-refractivity contribution is 0.256. The summed E-state index contributed by atoms with van der Waals surface area (Å²) in [6, 6.07) is 9.81. The zero-order valence-corrected chi connectivity index (χ0v) is 17.7. The Bertz CT molecular complexity index is 1130. The third-order valence-corrected chi connectivity index (χ3v) is 6.11. The van der Waals surface area contributed by atoms with Gasteiger partial charge in [0, 0.05) is 16.0 Å². The van der Waals surface area contributed by atoms with E-state index in [9.17, 15) is 13.2 Å². The summed E-state index contributed by atoms with van der Waals surface area (Å²) in [5, 5.41) is 4.77. The molecular formula is C18H16ClN3O5S2. The summed E-state index contributed by atoms with van der Waals surface area (Å²) < 4.78 is 36.9. The number of carbonyl (C=O) groups excluding carboxylic acids is 1. The number of anilines is 1. The normalized spacial score (nSPS) is 11.0. The van der Waals surface area contributed by atoms with Crippen molar-refractivity contribution < 1.29 is 22.7 Å². The van der Waals surface area contributed by atoms with Crippen LogP contribution in [0.5, 0.6) is 11.5 Å². The Morgan fingerprint density at radius 1 is 1.07 bits per heavy atom. The Morgan fingerprint density at radius 3 is 2.41 bits per heavy atom. The number of ether oxygens (including phenoxy) is 2. The summed E-state index contributed by atoms with van der Waals surface area (Å²) in [6.45, 7) is 0. The number of methoxy groups -OCH3 is 2. The van der Waals surface area contributed by atoms with Crippen molar-refractivity contribution in [3.63, 3.8) is 0 Å². The minimum absolute atomic E-state index is 0.0813. The molecule has 1 heterocycles. The molecule has 0 saturated heterocycles. The molecule has 2 amide bonds. The highest BCUT2D eigenvalue weighted by atomic mass is 35.5. The van der Waals surface area contributed by atoms with Crippen LogP contribution >= 0.6 is 22.9 Å². The van der Waals surface area contributed by atoms with Crippen LogP contribution in [0, 0.1) is 0 Å². The van der Waals surface area contributed by atoms with E-state index in [4.69, 9.17) is 21.1 Å². The number of amides is 2. The fourth-order valence-electron chi connectivity index (χ4n) is 2.38. The Labute approximate surface area is 176 Å². The monoisotopic (exact) mass is 453 g/mol. The molecule has 0 saturated carbocycles. The van der Waals surface area contributed by atoms with Gasteiger partial charge < -0.3 is 9.47 Å². The van der Waals surface area contributed by atoms with Gasteiger partial charge >= 0.3 is 6.03 Å². The summed E-state index contributed by atoms with van der Waals surface area (Å²) in [7, 11) is -0.963. The average molecular weight is 454 g/mol. The molecule has 0 atom stereocenters. The molecule has 8 nitrogen and oxygen atoms in total. The molecule has 0 spiro atoms. The van der Waals surface area contributed by atoms with Gasteiger partial charge in [-0.2, -0.15) is 0 Å². The first-order chi connectivity index (χ1) is 13.8. The predicted octanol–water partition coefficient (Wildman–Crippen LogP) is 3.99. The van der Waals surface area contributed by atoms with Gasteiger partial charge in [0.25, 0.3) is 10.0 Å². The number of nitrogens with zero attached hydrogens (tertiary/aromatic N) is 1. The van der Waals surface area contributed by atoms with E-state index < -0.39 is 16.1 Å². The summed E-state index contributed by atoms with van der Waals surface area (Å²) >= 11 is 6.90. The van der Waals surface area contributed by atoms with E-state index in [0.717, 1.165) is 16.9 Å². The molecule has 1 aromatic heterocycles. The van der Waals surface area contributed by atoms with Gasteiger partial charge in [-0.3, -0.25) is 5.32 Å². The molecule has 0 aliphatic rings. The highest BCUT2D eigenvalue weighted by Gasteiger charge is 2.18. The van der Waals surface area contributed by atoms with Crippen molar-refractivity contribution in [1.82, 2.24) is 9.71 Å². The van der Waals surface area contributed by atoms with Crippen molar-refractivity contribution >= 4 is 44.1 Å². The second-order valence-electron chi connectivity index (χ2n) is 5.62. The third kappa shape index (κ3) is 4.97. The van der Waals surface area contributed by atoms with Crippen LogP contribution in [0.2, 0.25) is 5.02 Å². The van der Waals surface area contributed by atoms with Crippen molar-refractivity contribution in [3.8, 4) is 22.8 Å². The fourth-order valence-corrected chi connectivity index (χ4v) is 4.12. The molecule has 152 valence electrons. The van der Waals surface area contributed by atoms with Crippen LogP contribution in [0.1, 0.15) is 0 Å². The summed E-state index contributed by atoms with van der Waals surface area (Å²) in [6.07, 6.45) is 0. The van der Waals surface area contributed by atoms with Crippen molar-refractivity contribution in [2.45, 2.75) is 4.90 Å². The lowest BCUT2D eigenvalue weighted by Gasteiger charge is -2.08. The van der Waals surface area contributed by atoms with Gasteiger partial charge in [-0.15, -0.1) is 11.3 Å². The smallest absolute Gasteiger partial charge is 0.334 e. The van der Waals surface area contributed by atoms with Gasteiger partial charge in [0.05, 0.1) is 24.8 Å². The van der Waals surface area contributed by atoms with Gasteiger partial charge in [-0.05, 0) is 42.5 Å². The third-order valence-electron chi connectivity index (χ3n) is 3.75. The van der Waals surface area contributed by atoms with Crippen molar-refractivity contribution in [2.75, 3.05) is 19.5 Å². The van der Waals surface area contributed by atoms with Crippen molar-refractivity contribution in [3.05, 3.63) is 52.9 Å². The second-order valence-corrected chi connectivity index (χ2v) is 8.60. The first-order valence-electron chi connectivity index (χ1n) is 8.09. The minimum atomic E-state index is -4.03. The van der Waals surface area contributed by atoms with Gasteiger partial charge in [-0.25, -0.2) is 22.9 Å². The number of halogens is 1. The largest absolute Gasteiger partial charge is 0.493 e. The van der Waals surface area contributed by atoms with Crippen molar-refractivity contribution in [1.29, 1.82) is 0 Å². The Morgan fingerprint density at radius 2 is 1.76 bits per heavy atom. The van der Waals surface area contributed by atoms with Crippen LogP contribution in [0.4, 0.5) is 9.93 Å². The second kappa shape index (κ2) is 8.68. The molecule has 11 heteroatoms. The molecule has 0 aliphatic heterocycles. The number of hydrogen-bond donors (Lipinski definition) is 2. The van der Waals surface area contributed by atoms with E-state index >= 15 is 0 Å². The Hall–Kier alpha value is -2.82. The summed E-state index contributed by atoms with van der Waals surface area (Å²) in [4.78, 5) is 16.3. The molecule has 0 bridgehead atoms. The fraction of sp³-hybridized carbons (Fsp3) is 0.111. The molecule has 29 heavy (non-hydrogen) atoms. The van der Waals surface area contributed by atoms with E-state index in [1.807, 2.05) is 4.72 Å². The number of benzene rings is 2. The van der Waals surface area contributed by atoms with Crippen LogP contribution in [0.3, 0.4) is 0 Å². The van der Waals surface area contributed by atoms with Gasteiger partial charge in [0.15, 0.2) is 16.6 Å². The molecule has 3 rings (SSSR count).